The van der Waals surface area contributed by atoms with Crippen LogP contribution in [0.5, 0.6) is 0 Å². The quantitative estimate of drug-likeness (QED) is 0.410. The summed E-state index contributed by atoms with van der Waals surface area (Å²) in [7, 11) is 0. The van der Waals surface area contributed by atoms with Crippen LogP contribution in [0.3, 0.4) is 0 Å². The minimum Gasteiger partial charge on any atom is -0.454 e. The van der Waals surface area contributed by atoms with Crippen LogP contribution in [0.25, 0.3) is 0 Å². The van der Waals surface area contributed by atoms with Gasteiger partial charge in [0.25, 0.3) is 11.8 Å². The number of nitrogens with zero attached hydrogens (tertiary/aromatic N) is 2. The van der Waals surface area contributed by atoms with Gasteiger partial charge in [-0.15, -0.1) is 0 Å². The Labute approximate surface area is 159 Å². The summed E-state index contributed by atoms with van der Waals surface area (Å²) < 4.78 is 5.00. The van der Waals surface area contributed by atoms with E-state index >= 15 is 0 Å². The molecule has 0 aromatic heterocycles. The van der Waals surface area contributed by atoms with Gasteiger partial charge in [0, 0.05) is 13.1 Å². The van der Waals surface area contributed by atoms with Gasteiger partial charge in [-0.05, 0) is 32.6 Å². The van der Waals surface area contributed by atoms with Crippen molar-refractivity contribution in [2.24, 2.45) is 5.92 Å². The van der Waals surface area contributed by atoms with Crippen LogP contribution in [0.15, 0.2) is 12.2 Å². The zero-order valence-electron chi connectivity index (χ0n) is 16.4. The number of carbonyl (C=O) groups is 4. The molecule has 0 aromatic carbocycles. The van der Waals surface area contributed by atoms with Gasteiger partial charge in [0.1, 0.15) is 12.1 Å². The van der Waals surface area contributed by atoms with E-state index < -0.39 is 30.7 Å². The second-order valence-corrected chi connectivity index (χ2v) is 7.47. The Hall–Kier alpha value is -2.38. The third-order valence-corrected chi connectivity index (χ3v) is 5.34. The fraction of sp³-hybridized carbons (Fsp3) is 0.684. The maximum atomic E-state index is 12.8. The Morgan fingerprint density at radius 3 is 2.67 bits per heavy atom. The molecule has 0 aromatic rings. The van der Waals surface area contributed by atoms with Crippen molar-refractivity contribution in [1.29, 1.82) is 0 Å². The van der Waals surface area contributed by atoms with Crippen molar-refractivity contribution >= 4 is 23.8 Å². The molecule has 0 bridgehead atoms. The minimum atomic E-state index is -0.911. The Morgan fingerprint density at radius 2 is 2.07 bits per heavy atom. The molecule has 2 atom stereocenters. The van der Waals surface area contributed by atoms with Crippen LogP contribution in [0.4, 0.5) is 4.79 Å². The topological polar surface area (TPSA) is 96.0 Å². The van der Waals surface area contributed by atoms with Gasteiger partial charge in [-0.1, -0.05) is 31.9 Å². The summed E-state index contributed by atoms with van der Waals surface area (Å²) in [6, 6.07) is -0.575. The summed E-state index contributed by atoms with van der Waals surface area (Å²) in [5.74, 6) is -1.48. The van der Waals surface area contributed by atoms with Gasteiger partial charge < -0.3 is 15.0 Å². The average Bonchev–Trinajstić information content (AvgIpc) is 2.85. The maximum absolute atomic E-state index is 12.8. The molecule has 1 spiro atoms. The Kier molecular flexibility index (Phi) is 6.62. The van der Waals surface area contributed by atoms with Crippen LogP contribution in [0.2, 0.25) is 0 Å². The molecule has 8 heteroatoms. The summed E-state index contributed by atoms with van der Waals surface area (Å²) in [5.41, 5.74) is -0.0888. The molecule has 150 valence electrons. The number of rotatable bonds is 7. The lowest BCUT2D eigenvalue weighted by molar-refractivity contribution is -0.154. The molecule has 1 aliphatic heterocycles. The zero-order chi connectivity index (χ0) is 20.2. The fourth-order valence-electron chi connectivity index (χ4n) is 3.75. The van der Waals surface area contributed by atoms with Crippen molar-refractivity contribution < 1.29 is 23.9 Å². The van der Waals surface area contributed by atoms with Gasteiger partial charge in [0.2, 0.25) is 0 Å². The van der Waals surface area contributed by atoms with E-state index in [4.69, 9.17) is 4.74 Å². The third kappa shape index (κ3) is 4.48. The van der Waals surface area contributed by atoms with E-state index in [0.717, 1.165) is 29.7 Å². The molecule has 8 nitrogen and oxygen atoms in total. The van der Waals surface area contributed by atoms with Crippen LogP contribution in [-0.4, -0.2) is 65.4 Å². The standard InChI is InChI=1S/C19H29N3O5/c1-5-21(10-13(2)3)15(23)12-27-16(24)11-22-17(25)19(20-18(22)26)9-7-6-8-14(19)4/h14H,2,5-12H2,1,3-4H3,(H,20,26)/t14-,19+/m1/s1. The first kappa shape index (κ1) is 20.9. The lowest BCUT2D eigenvalue weighted by Gasteiger charge is -2.36. The maximum Gasteiger partial charge on any atom is 0.326 e. The third-order valence-electron chi connectivity index (χ3n) is 5.34. The molecule has 4 amide bonds. The number of esters is 1. The number of ether oxygens (including phenoxy) is 1. The molecule has 1 N–H and O–H groups in total. The number of hydrogen-bond acceptors (Lipinski definition) is 5. The normalized spacial score (nSPS) is 24.7. The van der Waals surface area contributed by atoms with Crippen molar-refractivity contribution in [3.63, 3.8) is 0 Å². The predicted octanol–water partition coefficient (Wildman–Crippen LogP) is 1.45. The Bertz CT molecular complexity index is 647. The largest absolute Gasteiger partial charge is 0.454 e. The van der Waals surface area contributed by atoms with E-state index in [9.17, 15) is 19.2 Å². The highest BCUT2D eigenvalue weighted by molar-refractivity contribution is 6.09. The van der Waals surface area contributed by atoms with Crippen LogP contribution in [-0.2, 0) is 19.1 Å². The molecule has 27 heavy (non-hydrogen) atoms. The number of likely N-dealkylation sites (N-methyl/N-ethyl adjacent to an activating group) is 1. The number of amides is 4. The molecule has 0 unspecified atom stereocenters. The monoisotopic (exact) mass is 379 g/mol. The molecule has 1 saturated heterocycles. The second-order valence-electron chi connectivity index (χ2n) is 7.47. The van der Waals surface area contributed by atoms with Crippen molar-refractivity contribution in [3.8, 4) is 0 Å². The average molecular weight is 379 g/mol. The number of nitrogens with one attached hydrogen (secondary N) is 1. The van der Waals surface area contributed by atoms with Crippen molar-refractivity contribution in [2.75, 3.05) is 26.2 Å². The van der Waals surface area contributed by atoms with Gasteiger partial charge in [0.15, 0.2) is 6.61 Å². The molecule has 2 aliphatic rings. The van der Waals surface area contributed by atoms with Gasteiger partial charge >= 0.3 is 12.0 Å². The summed E-state index contributed by atoms with van der Waals surface area (Å²) in [6.45, 7) is 9.28. The summed E-state index contributed by atoms with van der Waals surface area (Å²) in [5, 5.41) is 2.78. The van der Waals surface area contributed by atoms with Crippen LogP contribution in [0, 0.1) is 5.92 Å². The summed E-state index contributed by atoms with van der Waals surface area (Å²) >= 11 is 0. The van der Waals surface area contributed by atoms with E-state index in [-0.39, 0.29) is 17.7 Å². The first-order chi connectivity index (χ1) is 12.7. The van der Waals surface area contributed by atoms with Gasteiger partial charge in [-0.25, -0.2) is 4.79 Å². The SMILES string of the molecule is C=C(C)CN(CC)C(=O)COC(=O)CN1C(=O)N[C@]2(CCCC[C@H]2C)C1=O. The van der Waals surface area contributed by atoms with E-state index in [1.165, 1.54) is 4.90 Å². The first-order valence-electron chi connectivity index (χ1n) is 9.43. The number of hydrogen-bond donors (Lipinski definition) is 1. The molecular weight excluding hydrogens is 350 g/mol. The van der Waals surface area contributed by atoms with Crippen LogP contribution in [0.1, 0.15) is 46.5 Å². The lowest BCUT2D eigenvalue weighted by Crippen LogP contribution is -2.54. The van der Waals surface area contributed by atoms with Gasteiger partial charge in [0.05, 0.1) is 0 Å². The predicted molar refractivity (Wildman–Crippen MR) is 98.6 cm³/mol. The number of imide groups is 1. The van der Waals surface area contributed by atoms with Crippen molar-refractivity contribution in [1.82, 2.24) is 15.1 Å². The molecule has 2 fully saturated rings. The molecule has 1 heterocycles. The van der Waals surface area contributed by atoms with E-state index in [0.29, 0.717) is 19.5 Å². The molecule has 1 saturated carbocycles. The number of urea groups is 1. The molecule has 2 rings (SSSR count). The highest BCUT2D eigenvalue weighted by atomic mass is 16.5. The van der Waals surface area contributed by atoms with Crippen molar-refractivity contribution in [2.45, 2.75) is 52.0 Å². The molecule has 0 radical (unpaired) electrons. The van der Waals surface area contributed by atoms with E-state index in [1.807, 2.05) is 20.8 Å². The highest BCUT2D eigenvalue weighted by Crippen LogP contribution is 2.38. The molecular formula is C19H29N3O5. The Morgan fingerprint density at radius 1 is 1.37 bits per heavy atom. The minimum absolute atomic E-state index is 0.0190. The zero-order valence-corrected chi connectivity index (χ0v) is 16.4. The van der Waals surface area contributed by atoms with Crippen LogP contribution >= 0.6 is 0 Å². The van der Waals surface area contributed by atoms with Crippen molar-refractivity contribution in [3.05, 3.63) is 12.2 Å². The highest BCUT2D eigenvalue weighted by Gasteiger charge is 2.55. The summed E-state index contributed by atoms with van der Waals surface area (Å²) in [4.78, 5) is 51.7. The second kappa shape index (κ2) is 8.54. The molecule has 1 aliphatic carbocycles. The van der Waals surface area contributed by atoms with E-state index in [1.54, 1.807) is 0 Å². The first-order valence-corrected chi connectivity index (χ1v) is 9.43. The van der Waals surface area contributed by atoms with Crippen LogP contribution < -0.4 is 5.32 Å². The number of carbonyl (C=O) groups excluding carboxylic acids is 4. The van der Waals surface area contributed by atoms with Gasteiger partial charge in [-0.2, -0.15) is 0 Å². The summed E-state index contributed by atoms with van der Waals surface area (Å²) in [6.07, 6.45) is 3.32. The lowest BCUT2D eigenvalue weighted by atomic mass is 9.73. The smallest absolute Gasteiger partial charge is 0.326 e. The Balaban J connectivity index is 1.92. The van der Waals surface area contributed by atoms with Gasteiger partial charge in [-0.3, -0.25) is 19.3 Å². The fourth-order valence-corrected chi connectivity index (χ4v) is 3.75. The van der Waals surface area contributed by atoms with E-state index in [2.05, 4.69) is 11.9 Å².